The van der Waals surface area contributed by atoms with Crippen LogP contribution in [0.5, 0.6) is 0 Å². The highest BCUT2D eigenvalue weighted by Crippen LogP contribution is 2.29. The van der Waals surface area contributed by atoms with E-state index < -0.39 is 0 Å². The van der Waals surface area contributed by atoms with Gasteiger partial charge in [0.1, 0.15) is 0 Å². The summed E-state index contributed by atoms with van der Waals surface area (Å²) in [7, 11) is 0. The van der Waals surface area contributed by atoms with Crippen molar-refractivity contribution in [3.8, 4) is 0 Å². The molecule has 0 aromatic carbocycles. The van der Waals surface area contributed by atoms with Gasteiger partial charge in [-0.05, 0) is 53.2 Å². The minimum atomic E-state index is 0.125. The molecule has 4 heteroatoms. The van der Waals surface area contributed by atoms with Gasteiger partial charge in [-0.2, -0.15) is 0 Å². The molecular weight excluding hydrogens is 284 g/mol. The monoisotopic (exact) mass is 302 g/mol. The Balaban J connectivity index is 1.67. The molecule has 1 aromatic heterocycles. The number of thiophene rings is 1. The van der Waals surface area contributed by atoms with E-state index in [4.69, 9.17) is 5.73 Å². The Labute approximate surface area is 110 Å². The zero-order valence-electron chi connectivity index (χ0n) is 9.47. The van der Waals surface area contributed by atoms with Gasteiger partial charge < -0.3 is 11.1 Å². The van der Waals surface area contributed by atoms with Crippen LogP contribution < -0.4 is 11.1 Å². The fourth-order valence-corrected chi connectivity index (χ4v) is 3.78. The van der Waals surface area contributed by atoms with E-state index >= 15 is 0 Å². The van der Waals surface area contributed by atoms with E-state index in [2.05, 4.69) is 32.7 Å². The van der Waals surface area contributed by atoms with Crippen LogP contribution in [-0.4, -0.2) is 12.1 Å². The topological polar surface area (TPSA) is 38.0 Å². The molecule has 1 aliphatic carbocycles. The summed E-state index contributed by atoms with van der Waals surface area (Å²) in [5.41, 5.74) is 6.43. The van der Waals surface area contributed by atoms with E-state index in [1.165, 1.54) is 35.0 Å². The van der Waals surface area contributed by atoms with Gasteiger partial charge in [0.05, 0.1) is 0 Å². The van der Waals surface area contributed by atoms with Crippen LogP contribution in [-0.2, 0) is 6.54 Å². The van der Waals surface area contributed by atoms with Crippen molar-refractivity contribution in [2.45, 2.75) is 44.2 Å². The molecule has 1 heterocycles. The first-order chi connectivity index (χ1) is 7.70. The highest BCUT2D eigenvalue weighted by Gasteiger charge is 2.28. The maximum Gasteiger partial charge on any atom is 0.0327 e. The second kappa shape index (κ2) is 5.63. The number of nitrogens with two attached hydrogens (primary N) is 1. The Hall–Kier alpha value is 0.100. The highest BCUT2D eigenvalue weighted by molar-refractivity contribution is 9.10. The van der Waals surface area contributed by atoms with Crippen LogP contribution in [0.15, 0.2) is 15.9 Å². The maximum absolute atomic E-state index is 6.30. The van der Waals surface area contributed by atoms with Crippen LogP contribution in [0.1, 0.15) is 37.0 Å². The Morgan fingerprint density at radius 3 is 2.81 bits per heavy atom. The molecule has 0 unspecified atom stereocenters. The van der Waals surface area contributed by atoms with E-state index in [9.17, 15) is 0 Å². The third-order valence-corrected chi connectivity index (χ3v) is 5.30. The molecule has 1 saturated carbocycles. The van der Waals surface area contributed by atoms with Crippen molar-refractivity contribution in [1.82, 2.24) is 5.32 Å². The number of halogens is 1. The van der Waals surface area contributed by atoms with Crippen molar-refractivity contribution in [2.24, 2.45) is 5.73 Å². The lowest BCUT2D eigenvalue weighted by Crippen LogP contribution is -2.39. The van der Waals surface area contributed by atoms with Gasteiger partial charge >= 0.3 is 0 Å². The smallest absolute Gasteiger partial charge is 0.0327 e. The Bertz CT molecular complexity index is 332. The maximum atomic E-state index is 6.30. The molecule has 0 spiro atoms. The molecule has 16 heavy (non-hydrogen) atoms. The average molecular weight is 303 g/mol. The molecule has 90 valence electrons. The van der Waals surface area contributed by atoms with E-state index in [0.717, 1.165) is 19.5 Å². The van der Waals surface area contributed by atoms with Crippen LogP contribution in [0.2, 0.25) is 0 Å². The number of hydrogen-bond donors (Lipinski definition) is 2. The van der Waals surface area contributed by atoms with Crippen LogP contribution in [0.3, 0.4) is 0 Å². The van der Waals surface area contributed by atoms with E-state index in [1.807, 2.05) is 0 Å². The molecule has 2 rings (SSSR count). The molecule has 1 aliphatic rings. The molecule has 0 atom stereocenters. The zero-order valence-corrected chi connectivity index (χ0v) is 11.9. The number of rotatable bonds is 5. The minimum Gasteiger partial charge on any atom is -0.325 e. The van der Waals surface area contributed by atoms with Gasteiger partial charge in [-0.15, -0.1) is 11.3 Å². The van der Waals surface area contributed by atoms with Crippen molar-refractivity contribution < 1.29 is 0 Å². The van der Waals surface area contributed by atoms with Crippen molar-refractivity contribution in [1.29, 1.82) is 0 Å². The van der Waals surface area contributed by atoms with Crippen molar-refractivity contribution in [2.75, 3.05) is 6.54 Å². The fourth-order valence-electron chi connectivity index (χ4n) is 2.32. The number of nitrogens with one attached hydrogen (secondary N) is 1. The summed E-state index contributed by atoms with van der Waals surface area (Å²) in [4.78, 5) is 1.37. The van der Waals surface area contributed by atoms with Gasteiger partial charge in [-0.3, -0.25) is 0 Å². The van der Waals surface area contributed by atoms with Crippen molar-refractivity contribution in [3.05, 3.63) is 20.8 Å². The Kier molecular flexibility index (Phi) is 4.41. The van der Waals surface area contributed by atoms with E-state index in [1.54, 1.807) is 11.3 Å². The second-order valence-corrected chi connectivity index (χ2v) is 6.54. The third-order valence-electron chi connectivity index (χ3n) is 3.38. The van der Waals surface area contributed by atoms with Gasteiger partial charge in [-0.25, -0.2) is 0 Å². The Morgan fingerprint density at radius 2 is 2.19 bits per heavy atom. The second-order valence-electron chi connectivity index (χ2n) is 4.69. The number of hydrogen-bond acceptors (Lipinski definition) is 3. The van der Waals surface area contributed by atoms with Gasteiger partial charge in [0, 0.05) is 21.4 Å². The highest BCUT2D eigenvalue weighted by atomic mass is 79.9. The summed E-state index contributed by atoms with van der Waals surface area (Å²) in [6.07, 6.45) is 6.14. The van der Waals surface area contributed by atoms with Crippen LogP contribution >= 0.6 is 27.3 Å². The lowest BCUT2D eigenvalue weighted by atomic mass is 9.95. The molecule has 2 nitrogen and oxygen atoms in total. The van der Waals surface area contributed by atoms with E-state index in [0.29, 0.717) is 0 Å². The van der Waals surface area contributed by atoms with Gasteiger partial charge in [0.2, 0.25) is 0 Å². The molecule has 1 aromatic rings. The largest absolute Gasteiger partial charge is 0.325 e. The summed E-state index contributed by atoms with van der Waals surface area (Å²) in [5.74, 6) is 0. The Morgan fingerprint density at radius 1 is 1.44 bits per heavy atom. The summed E-state index contributed by atoms with van der Waals surface area (Å²) >= 11 is 5.33. The van der Waals surface area contributed by atoms with Gasteiger partial charge in [0.25, 0.3) is 0 Å². The fraction of sp³-hybridized carbons (Fsp3) is 0.667. The summed E-state index contributed by atoms with van der Waals surface area (Å²) in [6.45, 7) is 1.98. The minimum absolute atomic E-state index is 0.125. The van der Waals surface area contributed by atoms with Gasteiger partial charge in [0.15, 0.2) is 0 Å². The molecule has 0 radical (unpaired) electrons. The van der Waals surface area contributed by atoms with E-state index in [-0.39, 0.29) is 5.54 Å². The zero-order chi connectivity index (χ0) is 11.4. The predicted octanol–water partition coefficient (Wildman–Crippen LogP) is 3.26. The first kappa shape index (κ1) is 12.6. The molecule has 0 saturated heterocycles. The third kappa shape index (κ3) is 3.29. The van der Waals surface area contributed by atoms with Gasteiger partial charge in [-0.1, -0.05) is 12.8 Å². The first-order valence-corrected chi connectivity index (χ1v) is 7.58. The van der Waals surface area contributed by atoms with Crippen molar-refractivity contribution in [3.63, 3.8) is 0 Å². The summed E-state index contributed by atoms with van der Waals surface area (Å²) in [6, 6.07) is 2.10. The average Bonchev–Trinajstić information content (AvgIpc) is 2.84. The van der Waals surface area contributed by atoms with Crippen LogP contribution in [0.4, 0.5) is 0 Å². The quantitative estimate of drug-likeness (QED) is 0.819. The summed E-state index contributed by atoms with van der Waals surface area (Å²) in [5, 5.41) is 5.59. The molecular formula is C12H19BrN2S. The lowest BCUT2D eigenvalue weighted by Gasteiger charge is -2.23. The SMILES string of the molecule is NC1(CCNCc2sccc2Br)CCCC1. The predicted molar refractivity (Wildman–Crippen MR) is 73.7 cm³/mol. The first-order valence-electron chi connectivity index (χ1n) is 5.91. The van der Waals surface area contributed by atoms with Crippen LogP contribution in [0.25, 0.3) is 0 Å². The standard InChI is InChI=1S/C12H19BrN2S/c13-10-3-8-16-11(10)9-15-7-6-12(14)4-1-2-5-12/h3,8,15H,1-2,4-7,9,14H2. The molecule has 3 N–H and O–H groups in total. The lowest BCUT2D eigenvalue weighted by molar-refractivity contribution is 0.394. The summed E-state index contributed by atoms with van der Waals surface area (Å²) < 4.78 is 1.22. The molecule has 0 bridgehead atoms. The van der Waals surface area contributed by atoms with Crippen molar-refractivity contribution >= 4 is 27.3 Å². The molecule has 0 amide bonds. The van der Waals surface area contributed by atoms with Crippen LogP contribution in [0, 0.1) is 0 Å². The molecule has 1 fully saturated rings. The molecule has 0 aliphatic heterocycles. The normalized spacial score (nSPS) is 19.1.